The molecule has 2 fully saturated rings. The molecule has 2 aliphatic rings. The molecule has 0 bridgehead atoms. The fraction of sp³-hybridized carbons (Fsp3) is 0.938. The fourth-order valence-electron chi connectivity index (χ4n) is 3.32. The predicted octanol–water partition coefficient (Wildman–Crippen LogP) is 1.08. The number of hydrogen-bond donors (Lipinski definition) is 2. The molecule has 2 atom stereocenters. The van der Waals surface area contributed by atoms with Gasteiger partial charge in [0.15, 0.2) is 0 Å². The Bertz CT molecular complexity index is 386. The van der Waals surface area contributed by atoms with Gasteiger partial charge in [-0.05, 0) is 52.4 Å². The maximum Gasteiger partial charge on any atom is 0.323 e. The lowest BCUT2D eigenvalue weighted by Gasteiger charge is -2.41. The molecule has 22 heavy (non-hydrogen) atoms. The number of aliphatic hydroxyl groups excluding tert-OH is 1. The zero-order valence-corrected chi connectivity index (χ0v) is 14.2. The van der Waals surface area contributed by atoms with Crippen LogP contribution in [0.2, 0.25) is 0 Å². The molecule has 0 saturated carbocycles. The predicted molar refractivity (Wildman–Crippen MR) is 83.1 cm³/mol. The molecule has 1 spiro atoms. The summed E-state index contributed by atoms with van der Waals surface area (Å²) in [5, 5.41) is 13.5. The number of aliphatic hydroxyl groups is 1. The summed E-state index contributed by atoms with van der Waals surface area (Å²) in [6, 6.07) is -0.178. The second-order valence-electron chi connectivity index (χ2n) is 7.48. The van der Waals surface area contributed by atoms with Gasteiger partial charge in [0.05, 0.1) is 12.2 Å². The first-order valence-electron chi connectivity index (χ1n) is 8.25. The minimum absolute atomic E-state index is 0.141. The summed E-state index contributed by atoms with van der Waals surface area (Å²) < 4.78 is 10.7. The minimum Gasteiger partial charge on any atom is -0.465 e. The summed E-state index contributed by atoms with van der Waals surface area (Å²) in [5.41, 5.74) is -0.214. The maximum absolute atomic E-state index is 11.8. The van der Waals surface area contributed by atoms with Crippen molar-refractivity contribution >= 4 is 5.97 Å². The van der Waals surface area contributed by atoms with E-state index < -0.39 is 6.41 Å². The number of esters is 1. The van der Waals surface area contributed by atoms with Crippen LogP contribution >= 0.6 is 0 Å². The Labute approximate surface area is 133 Å². The van der Waals surface area contributed by atoms with E-state index in [1.807, 2.05) is 32.6 Å². The molecule has 6 heteroatoms. The molecule has 2 heterocycles. The molecule has 0 aliphatic carbocycles. The van der Waals surface area contributed by atoms with Crippen LogP contribution in [0.3, 0.4) is 0 Å². The van der Waals surface area contributed by atoms with Crippen molar-refractivity contribution in [3.05, 3.63) is 0 Å². The summed E-state index contributed by atoms with van der Waals surface area (Å²) in [7, 11) is 0. The second-order valence-corrected chi connectivity index (χ2v) is 7.48. The Morgan fingerprint density at radius 1 is 1.41 bits per heavy atom. The molecule has 2 N–H and O–H groups in total. The molecule has 2 saturated heterocycles. The van der Waals surface area contributed by atoms with E-state index in [1.165, 1.54) is 0 Å². The van der Waals surface area contributed by atoms with Crippen LogP contribution in [0, 0.1) is 5.41 Å². The Kier molecular flexibility index (Phi) is 5.48. The van der Waals surface area contributed by atoms with Gasteiger partial charge in [-0.15, -0.1) is 0 Å². The van der Waals surface area contributed by atoms with Crippen LogP contribution in [0.1, 0.15) is 47.0 Å². The summed E-state index contributed by atoms with van der Waals surface area (Å²) in [4.78, 5) is 13.8. The number of nitrogens with zero attached hydrogens (tertiary/aromatic N) is 1. The highest BCUT2D eigenvalue weighted by Crippen LogP contribution is 2.40. The summed E-state index contributed by atoms with van der Waals surface area (Å²) >= 11 is 0. The van der Waals surface area contributed by atoms with Crippen LogP contribution < -0.4 is 5.32 Å². The number of ether oxygens (including phenoxy) is 2. The molecule has 2 rings (SSSR count). The van der Waals surface area contributed by atoms with Crippen molar-refractivity contribution in [2.75, 3.05) is 26.2 Å². The summed E-state index contributed by atoms with van der Waals surface area (Å²) in [6.07, 6.45) is 1.89. The van der Waals surface area contributed by atoms with Crippen molar-refractivity contribution in [2.45, 2.75) is 65.0 Å². The number of rotatable bonds is 4. The number of carbonyl (C=O) groups excluding carboxylic acids is 1. The van der Waals surface area contributed by atoms with E-state index in [-0.39, 0.29) is 23.0 Å². The van der Waals surface area contributed by atoms with Crippen LogP contribution in [-0.4, -0.2) is 60.3 Å². The lowest BCUT2D eigenvalue weighted by molar-refractivity contribution is -0.245. The van der Waals surface area contributed by atoms with E-state index in [0.717, 1.165) is 38.9 Å². The molecule has 1 unspecified atom stereocenters. The van der Waals surface area contributed by atoms with Crippen molar-refractivity contribution in [3.63, 3.8) is 0 Å². The first kappa shape index (κ1) is 17.7. The Balaban J connectivity index is 1.83. The van der Waals surface area contributed by atoms with Gasteiger partial charge in [-0.2, -0.15) is 0 Å². The smallest absolute Gasteiger partial charge is 0.323 e. The summed E-state index contributed by atoms with van der Waals surface area (Å²) in [5.74, 6) is -0.141. The van der Waals surface area contributed by atoms with Crippen LogP contribution in [0.4, 0.5) is 0 Å². The number of likely N-dealkylation sites (tertiary alicyclic amines) is 1. The Morgan fingerprint density at radius 3 is 2.59 bits per heavy atom. The molecule has 0 aromatic rings. The molecule has 0 amide bonds. The third-order valence-electron chi connectivity index (χ3n) is 4.56. The second kappa shape index (κ2) is 6.83. The Hall–Kier alpha value is -0.690. The van der Waals surface area contributed by atoms with Crippen molar-refractivity contribution in [1.29, 1.82) is 0 Å². The van der Waals surface area contributed by atoms with E-state index in [0.29, 0.717) is 6.61 Å². The van der Waals surface area contributed by atoms with E-state index in [1.54, 1.807) is 0 Å². The average molecular weight is 314 g/mol. The average Bonchev–Trinajstić information content (AvgIpc) is 2.82. The van der Waals surface area contributed by atoms with Crippen molar-refractivity contribution in [3.8, 4) is 0 Å². The largest absolute Gasteiger partial charge is 0.465 e. The SMILES string of the molecule is CCOC(=O)[C@@H]1CC2(CCN(C(O)OC(C)(C)C)CC2)CN1. The van der Waals surface area contributed by atoms with Crippen LogP contribution in [0.5, 0.6) is 0 Å². The maximum atomic E-state index is 11.8. The zero-order chi connectivity index (χ0) is 16.4. The standard InChI is InChI=1S/C16H30N2O4/c1-5-21-13(19)12-10-16(11-17-12)6-8-18(9-7-16)14(20)22-15(2,3)4/h12,14,17,20H,5-11H2,1-4H3/t12-,14?/m0/s1. The fourth-order valence-corrected chi connectivity index (χ4v) is 3.32. The third kappa shape index (κ3) is 4.41. The molecule has 128 valence electrons. The van der Waals surface area contributed by atoms with Gasteiger partial charge < -0.3 is 19.9 Å². The van der Waals surface area contributed by atoms with Crippen molar-refractivity contribution in [2.24, 2.45) is 5.41 Å². The summed E-state index contributed by atoms with van der Waals surface area (Å²) in [6.45, 7) is 10.5. The lowest BCUT2D eigenvalue weighted by Crippen LogP contribution is -2.48. The highest BCUT2D eigenvalue weighted by Gasteiger charge is 2.44. The number of hydrogen-bond acceptors (Lipinski definition) is 6. The van der Waals surface area contributed by atoms with E-state index in [4.69, 9.17) is 9.47 Å². The minimum atomic E-state index is -0.854. The van der Waals surface area contributed by atoms with Crippen molar-refractivity contribution < 1.29 is 19.4 Å². The van der Waals surface area contributed by atoms with Crippen LogP contribution in [-0.2, 0) is 14.3 Å². The third-order valence-corrected chi connectivity index (χ3v) is 4.56. The molecular weight excluding hydrogens is 284 g/mol. The molecule has 0 radical (unpaired) electrons. The van der Waals surface area contributed by atoms with E-state index in [2.05, 4.69) is 5.32 Å². The van der Waals surface area contributed by atoms with E-state index >= 15 is 0 Å². The lowest BCUT2D eigenvalue weighted by atomic mass is 9.76. The number of carbonyl (C=O) groups is 1. The van der Waals surface area contributed by atoms with Crippen LogP contribution in [0.25, 0.3) is 0 Å². The van der Waals surface area contributed by atoms with Crippen molar-refractivity contribution in [1.82, 2.24) is 10.2 Å². The zero-order valence-electron chi connectivity index (χ0n) is 14.2. The van der Waals surface area contributed by atoms with Gasteiger partial charge in [-0.3, -0.25) is 9.69 Å². The van der Waals surface area contributed by atoms with Gasteiger partial charge in [-0.1, -0.05) is 0 Å². The van der Waals surface area contributed by atoms with Gasteiger partial charge in [0.1, 0.15) is 6.04 Å². The van der Waals surface area contributed by atoms with Gasteiger partial charge in [0, 0.05) is 19.6 Å². The Morgan fingerprint density at radius 2 is 2.05 bits per heavy atom. The van der Waals surface area contributed by atoms with Gasteiger partial charge in [0.25, 0.3) is 0 Å². The van der Waals surface area contributed by atoms with Gasteiger partial charge in [-0.25, -0.2) is 0 Å². The van der Waals surface area contributed by atoms with Gasteiger partial charge >= 0.3 is 5.97 Å². The first-order chi connectivity index (χ1) is 10.2. The van der Waals surface area contributed by atoms with Gasteiger partial charge in [0.2, 0.25) is 6.41 Å². The number of piperidine rings is 1. The normalized spacial score (nSPS) is 27.0. The molecule has 2 aliphatic heterocycles. The topological polar surface area (TPSA) is 71.0 Å². The molecule has 0 aromatic heterocycles. The molecule has 0 aromatic carbocycles. The molecule has 6 nitrogen and oxygen atoms in total. The van der Waals surface area contributed by atoms with E-state index in [9.17, 15) is 9.90 Å². The van der Waals surface area contributed by atoms with Crippen LogP contribution in [0.15, 0.2) is 0 Å². The highest BCUT2D eigenvalue weighted by molar-refractivity contribution is 5.76. The highest BCUT2D eigenvalue weighted by atomic mass is 16.6. The molecular formula is C16H30N2O4. The first-order valence-corrected chi connectivity index (χ1v) is 8.25. The number of nitrogens with one attached hydrogen (secondary N) is 1. The quantitative estimate of drug-likeness (QED) is 0.598. The monoisotopic (exact) mass is 314 g/mol.